The second-order valence-corrected chi connectivity index (χ2v) is 4.16. The summed E-state index contributed by atoms with van der Waals surface area (Å²) in [6.07, 6.45) is 4.06. The zero-order chi connectivity index (χ0) is 11.1. The Hall–Kier alpha value is -0.980. The standard InChI is InChI=1S/C13H23N/c1-7-14-13(6)12(5)11(4)9-8-10(2)3/h7,10,14H,1,6,8-9H2,2-5H3/b12-11+. The predicted molar refractivity (Wildman–Crippen MR) is 64.9 cm³/mol. The van der Waals surface area contributed by atoms with E-state index in [0.29, 0.717) is 0 Å². The fraction of sp³-hybridized carbons (Fsp3) is 0.538. The molecule has 0 amide bonds. The number of rotatable bonds is 6. The lowest BCUT2D eigenvalue weighted by molar-refractivity contribution is 0.583. The molecule has 0 aliphatic rings. The van der Waals surface area contributed by atoms with Gasteiger partial charge in [0.1, 0.15) is 0 Å². The van der Waals surface area contributed by atoms with Crippen LogP contribution in [0.25, 0.3) is 0 Å². The summed E-state index contributed by atoms with van der Waals surface area (Å²) >= 11 is 0. The van der Waals surface area contributed by atoms with Crippen molar-refractivity contribution in [2.24, 2.45) is 5.92 Å². The molecule has 0 radical (unpaired) electrons. The summed E-state index contributed by atoms with van der Waals surface area (Å²) in [4.78, 5) is 0. The Balaban J connectivity index is 4.27. The van der Waals surface area contributed by atoms with Gasteiger partial charge in [0.05, 0.1) is 0 Å². The molecule has 1 N–H and O–H groups in total. The number of nitrogens with one attached hydrogen (secondary N) is 1. The highest BCUT2D eigenvalue weighted by molar-refractivity contribution is 5.30. The van der Waals surface area contributed by atoms with Gasteiger partial charge in [0.15, 0.2) is 0 Å². The molecule has 14 heavy (non-hydrogen) atoms. The van der Waals surface area contributed by atoms with Gasteiger partial charge >= 0.3 is 0 Å². The second-order valence-electron chi connectivity index (χ2n) is 4.16. The number of allylic oxidation sites excluding steroid dienone is 2. The third-order valence-corrected chi connectivity index (χ3v) is 2.47. The maximum Gasteiger partial charge on any atom is 0.0335 e. The van der Waals surface area contributed by atoms with Crippen LogP contribution >= 0.6 is 0 Å². The van der Waals surface area contributed by atoms with Crippen molar-refractivity contribution in [1.82, 2.24) is 5.32 Å². The van der Waals surface area contributed by atoms with Gasteiger partial charge in [-0.15, -0.1) is 0 Å². The molecule has 0 aromatic rings. The SMILES string of the molecule is C=CNC(=C)/C(C)=C(\C)CCC(C)C. The second kappa shape index (κ2) is 6.47. The molecule has 0 rings (SSSR count). The van der Waals surface area contributed by atoms with Crippen LogP contribution in [0.5, 0.6) is 0 Å². The summed E-state index contributed by atoms with van der Waals surface area (Å²) in [5.41, 5.74) is 3.63. The van der Waals surface area contributed by atoms with Crippen LogP contribution in [0.1, 0.15) is 40.5 Å². The molecule has 0 aliphatic carbocycles. The first kappa shape index (κ1) is 13.0. The molecule has 0 saturated carbocycles. The van der Waals surface area contributed by atoms with Gasteiger partial charge < -0.3 is 5.32 Å². The minimum Gasteiger partial charge on any atom is -0.363 e. The molecule has 0 aromatic heterocycles. The molecule has 0 unspecified atom stereocenters. The van der Waals surface area contributed by atoms with Crippen LogP contribution in [-0.4, -0.2) is 0 Å². The largest absolute Gasteiger partial charge is 0.363 e. The van der Waals surface area contributed by atoms with Crippen molar-refractivity contribution < 1.29 is 0 Å². The first-order chi connectivity index (χ1) is 6.49. The quantitative estimate of drug-likeness (QED) is 0.629. The fourth-order valence-corrected chi connectivity index (χ4v) is 1.18. The highest BCUT2D eigenvalue weighted by Gasteiger charge is 2.01. The van der Waals surface area contributed by atoms with E-state index >= 15 is 0 Å². The Kier molecular flexibility index (Phi) is 6.02. The highest BCUT2D eigenvalue weighted by atomic mass is 14.8. The average molecular weight is 193 g/mol. The Bertz CT molecular complexity index is 234. The van der Waals surface area contributed by atoms with E-state index in [1.54, 1.807) is 6.20 Å². The van der Waals surface area contributed by atoms with Crippen LogP contribution in [0.15, 0.2) is 36.2 Å². The van der Waals surface area contributed by atoms with Crippen molar-refractivity contribution in [2.45, 2.75) is 40.5 Å². The molecule has 0 spiro atoms. The van der Waals surface area contributed by atoms with Crippen molar-refractivity contribution in [3.8, 4) is 0 Å². The molecule has 1 heteroatoms. The van der Waals surface area contributed by atoms with Crippen molar-refractivity contribution in [3.63, 3.8) is 0 Å². The lowest BCUT2D eigenvalue weighted by Gasteiger charge is -2.11. The number of hydrogen-bond acceptors (Lipinski definition) is 1. The average Bonchev–Trinajstić information content (AvgIpc) is 2.13. The van der Waals surface area contributed by atoms with Gasteiger partial charge in [-0.25, -0.2) is 0 Å². The highest BCUT2D eigenvalue weighted by Crippen LogP contribution is 2.17. The molecular formula is C13H23N. The van der Waals surface area contributed by atoms with Gasteiger partial charge in [-0.2, -0.15) is 0 Å². The van der Waals surface area contributed by atoms with E-state index in [1.165, 1.54) is 17.6 Å². The molecule has 80 valence electrons. The molecule has 0 bridgehead atoms. The normalized spacial score (nSPS) is 12.4. The van der Waals surface area contributed by atoms with Gasteiger partial charge in [-0.1, -0.05) is 32.6 Å². The third kappa shape index (κ3) is 4.90. The van der Waals surface area contributed by atoms with Crippen LogP contribution < -0.4 is 5.32 Å². The Morgan fingerprint density at radius 3 is 2.36 bits per heavy atom. The summed E-state index contributed by atoms with van der Waals surface area (Å²) in [6.45, 7) is 16.4. The minimum absolute atomic E-state index is 0.762. The van der Waals surface area contributed by atoms with Crippen LogP contribution in [0.3, 0.4) is 0 Å². The van der Waals surface area contributed by atoms with Crippen LogP contribution in [0.2, 0.25) is 0 Å². The Morgan fingerprint density at radius 1 is 1.36 bits per heavy atom. The van der Waals surface area contributed by atoms with Gasteiger partial charge in [0.25, 0.3) is 0 Å². The van der Waals surface area contributed by atoms with Crippen molar-refractivity contribution in [2.75, 3.05) is 0 Å². The van der Waals surface area contributed by atoms with Crippen LogP contribution in [0.4, 0.5) is 0 Å². The molecular weight excluding hydrogens is 170 g/mol. The molecule has 0 fully saturated rings. The summed E-state index contributed by atoms with van der Waals surface area (Å²) in [7, 11) is 0. The fourth-order valence-electron chi connectivity index (χ4n) is 1.18. The summed E-state index contributed by atoms with van der Waals surface area (Å²) in [5.74, 6) is 0.762. The zero-order valence-electron chi connectivity index (χ0n) is 9.98. The van der Waals surface area contributed by atoms with Gasteiger partial charge in [0, 0.05) is 5.70 Å². The topological polar surface area (TPSA) is 12.0 Å². The van der Waals surface area contributed by atoms with Crippen molar-refractivity contribution in [3.05, 3.63) is 36.2 Å². The first-order valence-corrected chi connectivity index (χ1v) is 5.22. The number of hydrogen-bond donors (Lipinski definition) is 1. The smallest absolute Gasteiger partial charge is 0.0335 e. The molecule has 0 atom stereocenters. The summed E-state index contributed by atoms with van der Waals surface area (Å²) < 4.78 is 0. The van der Waals surface area contributed by atoms with E-state index in [1.807, 2.05) is 0 Å². The van der Waals surface area contributed by atoms with Crippen LogP contribution in [0, 0.1) is 5.92 Å². The van der Waals surface area contributed by atoms with Gasteiger partial charge in [0.2, 0.25) is 0 Å². The molecule has 0 aromatic carbocycles. The monoisotopic (exact) mass is 193 g/mol. The van der Waals surface area contributed by atoms with Crippen LogP contribution in [-0.2, 0) is 0 Å². The zero-order valence-corrected chi connectivity index (χ0v) is 9.98. The lowest BCUT2D eigenvalue weighted by atomic mass is 9.99. The summed E-state index contributed by atoms with van der Waals surface area (Å²) in [6, 6.07) is 0. The van der Waals surface area contributed by atoms with E-state index in [0.717, 1.165) is 18.0 Å². The van der Waals surface area contributed by atoms with E-state index in [9.17, 15) is 0 Å². The predicted octanol–water partition coefficient (Wildman–Crippen LogP) is 4.01. The Morgan fingerprint density at radius 2 is 1.93 bits per heavy atom. The van der Waals surface area contributed by atoms with Crippen molar-refractivity contribution >= 4 is 0 Å². The van der Waals surface area contributed by atoms with Gasteiger partial charge in [-0.05, 0) is 44.4 Å². The molecule has 0 heterocycles. The van der Waals surface area contributed by atoms with E-state index in [-0.39, 0.29) is 0 Å². The minimum atomic E-state index is 0.762. The van der Waals surface area contributed by atoms with E-state index < -0.39 is 0 Å². The van der Waals surface area contributed by atoms with Crippen molar-refractivity contribution in [1.29, 1.82) is 0 Å². The maximum atomic E-state index is 3.95. The van der Waals surface area contributed by atoms with E-state index in [2.05, 4.69) is 46.2 Å². The molecule has 1 nitrogen and oxygen atoms in total. The lowest BCUT2D eigenvalue weighted by Crippen LogP contribution is -2.05. The maximum absolute atomic E-state index is 3.95. The first-order valence-electron chi connectivity index (χ1n) is 5.22. The van der Waals surface area contributed by atoms with E-state index in [4.69, 9.17) is 0 Å². The third-order valence-electron chi connectivity index (χ3n) is 2.47. The van der Waals surface area contributed by atoms with Gasteiger partial charge in [-0.3, -0.25) is 0 Å². The summed E-state index contributed by atoms with van der Waals surface area (Å²) in [5, 5.41) is 3.03. The molecule has 0 saturated heterocycles. The molecule has 0 aliphatic heterocycles. The Labute approximate surface area is 88.6 Å².